The Bertz CT molecular complexity index is 570. The van der Waals surface area contributed by atoms with Crippen LogP contribution < -0.4 is 10.6 Å². The van der Waals surface area contributed by atoms with Crippen LogP contribution in [-0.4, -0.2) is 23.1 Å². The van der Waals surface area contributed by atoms with E-state index in [-0.39, 0.29) is 5.56 Å². The fourth-order valence-corrected chi connectivity index (χ4v) is 1.70. The monoisotopic (exact) mass is 243 g/mol. The second-order valence-corrected chi connectivity index (χ2v) is 3.84. The summed E-state index contributed by atoms with van der Waals surface area (Å²) in [6, 6.07) is 8.38. The summed E-state index contributed by atoms with van der Waals surface area (Å²) in [7, 11) is 1.86. The molecular weight excluding hydrogens is 230 g/mol. The highest BCUT2D eigenvalue weighted by atomic mass is 16.4. The molecule has 0 fully saturated rings. The molecule has 0 aliphatic carbocycles. The highest BCUT2D eigenvalue weighted by molar-refractivity contribution is 5.91. The van der Waals surface area contributed by atoms with Crippen LogP contribution in [0.3, 0.4) is 0 Å². The first-order valence-electron chi connectivity index (χ1n) is 5.36. The quantitative estimate of drug-likeness (QED) is 0.807. The van der Waals surface area contributed by atoms with Crippen molar-refractivity contribution in [1.82, 2.24) is 4.98 Å². The zero-order chi connectivity index (χ0) is 13.1. The van der Waals surface area contributed by atoms with E-state index in [0.717, 1.165) is 11.4 Å². The van der Waals surface area contributed by atoms with Crippen LogP contribution in [0.2, 0.25) is 0 Å². The molecule has 5 nitrogen and oxygen atoms in total. The Morgan fingerprint density at radius 3 is 2.50 bits per heavy atom. The molecule has 1 aromatic heterocycles. The minimum atomic E-state index is -0.986. The molecule has 92 valence electrons. The molecule has 5 heteroatoms. The van der Waals surface area contributed by atoms with Crippen LogP contribution in [0.25, 0.3) is 0 Å². The molecule has 0 aliphatic heterocycles. The summed E-state index contributed by atoms with van der Waals surface area (Å²) in [6.07, 6.45) is 3.38. The SMILES string of the molecule is CN(c1ccncc1)c1ccc(C(=O)O)cc1N. The van der Waals surface area contributed by atoms with Crippen molar-refractivity contribution in [3.05, 3.63) is 48.3 Å². The van der Waals surface area contributed by atoms with Crippen molar-refractivity contribution >= 4 is 23.0 Å². The maximum Gasteiger partial charge on any atom is 0.335 e. The predicted molar refractivity (Wildman–Crippen MR) is 70.1 cm³/mol. The Morgan fingerprint density at radius 2 is 1.94 bits per heavy atom. The van der Waals surface area contributed by atoms with Gasteiger partial charge >= 0.3 is 5.97 Å². The van der Waals surface area contributed by atoms with E-state index >= 15 is 0 Å². The summed E-state index contributed by atoms with van der Waals surface area (Å²) in [5, 5.41) is 8.88. The molecule has 0 bridgehead atoms. The van der Waals surface area contributed by atoms with Gasteiger partial charge in [-0.05, 0) is 30.3 Å². The zero-order valence-electron chi connectivity index (χ0n) is 9.87. The van der Waals surface area contributed by atoms with Gasteiger partial charge in [0.25, 0.3) is 0 Å². The number of hydrogen-bond donors (Lipinski definition) is 2. The number of benzene rings is 1. The lowest BCUT2D eigenvalue weighted by Gasteiger charge is -2.21. The fraction of sp³-hybridized carbons (Fsp3) is 0.0769. The molecule has 0 amide bonds. The molecule has 0 atom stereocenters. The standard InChI is InChI=1S/C13H13N3O2/c1-16(10-4-6-15-7-5-10)12-3-2-9(13(17)18)8-11(12)14/h2-8H,14H2,1H3,(H,17,18). The summed E-state index contributed by atoms with van der Waals surface area (Å²) in [6.45, 7) is 0. The van der Waals surface area contributed by atoms with E-state index in [1.807, 2.05) is 24.1 Å². The molecular formula is C13H13N3O2. The molecule has 0 unspecified atom stereocenters. The molecule has 1 aromatic carbocycles. The number of nitrogens with two attached hydrogens (primary N) is 1. The average molecular weight is 243 g/mol. The Balaban J connectivity index is 2.37. The number of pyridine rings is 1. The van der Waals surface area contributed by atoms with Crippen molar-refractivity contribution in [2.75, 3.05) is 17.7 Å². The maximum atomic E-state index is 10.8. The van der Waals surface area contributed by atoms with Gasteiger partial charge in [0, 0.05) is 25.1 Å². The summed E-state index contributed by atoms with van der Waals surface area (Å²) in [5.74, 6) is -0.986. The van der Waals surface area contributed by atoms with Gasteiger partial charge in [-0.25, -0.2) is 4.79 Å². The minimum Gasteiger partial charge on any atom is -0.478 e. The number of anilines is 3. The van der Waals surface area contributed by atoms with Gasteiger partial charge in [-0.2, -0.15) is 0 Å². The van der Waals surface area contributed by atoms with E-state index in [4.69, 9.17) is 10.8 Å². The number of carboxylic acids is 1. The minimum absolute atomic E-state index is 0.180. The lowest BCUT2D eigenvalue weighted by atomic mass is 10.1. The lowest BCUT2D eigenvalue weighted by Crippen LogP contribution is -2.12. The average Bonchev–Trinajstić information content (AvgIpc) is 2.38. The van der Waals surface area contributed by atoms with Gasteiger partial charge in [0.05, 0.1) is 16.9 Å². The first-order chi connectivity index (χ1) is 8.59. The van der Waals surface area contributed by atoms with E-state index in [2.05, 4.69) is 4.98 Å². The second kappa shape index (κ2) is 4.75. The van der Waals surface area contributed by atoms with Crippen LogP contribution in [0.5, 0.6) is 0 Å². The number of nitrogens with zero attached hydrogens (tertiary/aromatic N) is 2. The van der Waals surface area contributed by atoms with E-state index in [9.17, 15) is 4.79 Å². The fourth-order valence-electron chi connectivity index (χ4n) is 1.70. The Labute approximate surface area is 104 Å². The van der Waals surface area contributed by atoms with Gasteiger partial charge < -0.3 is 15.7 Å². The van der Waals surface area contributed by atoms with E-state index in [0.29, 0.717) is 5.69 Å². The van der Waals surface area contributed by atoms with Gasteiger partial charge in [0.15, 0.2) is 0 Å². The van der Waals surface area contributed by atoms with Crippen molar-refractivity contribution in [3.63, 3.8) is 0 Å². The summed E-state index contributed by atoms with van der Waals surface area (Å²) >= 11 is 0. The van der Waals surface area contributed by atoms with Crippen molar-refractivity contribution in [1.29, 1.82) is 0 Å². The van der Waals surface area contributed by atoms with Crippen molar-refractivity contribution < 1.29 is 9.90 Å². The number of nitrogen functional groups attached to an aromatic ring is 1. The first kappa shape index (κ1) is 11.9. The molecule has 0 aliphatic rings. The number of hydrogen-bond acceptors (Lipinski definition) is 4. The van der Waals surface area contributed by atoms with Crippen LogP contribution in [0.15, 0.2) is 42.7 Å². The number of aromatic carboxylic acids is 1. The number of aromatic nitrogens is 1. The van der Waals surface area contributed by atoms with E-state index < -0.39 is 5.97 Å². The van der Waals surface area contributed by atoms with E-state index in [1.165, 1.54) is 12.1 Å². The van der Waals surface area contributed by atoms with Gasteiger partial charge in [-0.3, -0.25) is 4.98 Å². The third-order valence-corrected chi connectivity index (χ3v) is 2.69. The Kier molecular flexibility index (Phi) is 3.14. The molecule has 0 radical (unpaired) electrons. The topological polar surface area (TPSA) is 79.5 Å². The normalized spacial score (nSPS) is 10.1. The van der Waals surface area contributed by atoms with Crippen LogP contribution >= 0.6 is 0 Å². The molecule has 0 spiro atoms. The number of carboxylic acid groups (broad SMARTS) is 1. The largest absolute Gasteiger partial charge is 0.478 e. The summed E-state index contributed by atoms with van der Waals surface area (Å²) in [5.41, 5.74) is 8.17. The first-order valence-corrected chi connectivity index (χ1v) is 5.36. The highest BCUT2D eigenvalue weighted by Crippen LogP contribution is 2.29. The molecule has 3 N–H and O–H groups in total. The van der Waals surface area contributed by atoms with Gasteiger partial charge in [-0.1, -0.05) is 0 Å². The molecule has 0 saturated carbocycles. The smallest absolute Gasteiger partial charge is 0.335 e. The molecule has 18 heavy (non-hydrogen) atoms. The lowest BCUT2D eigenvalue weighted by molar-refractivity contribution is 0.0697. The molecule has 0 saturated heterocycles. The maximum absolute atomic E-state index is 10.8. The Morgan fingerprint density at radius 1 is 1.28 bits per heavy atom. The zero-order valence-corrected chi connectivity index (χ0v) is 9.87. The predicted octanol–water partition coefficient (Wildman–Crippen LogP) is 2.13. The molecule has 2 aromatic rings. The van der Waals surface area contributed by atoms with Crippen molar-refractivity contribution in [2.45, 2.75) is 0 Å². The summed E-state index contributed by atoms with van der Waals surface area (Å²) in [4.78, 5) is 16.7. The van der Waals surface area contributed by atoms with Gasteiger partial charge in [0.1, 0.15) is 0 Å². The van der Waals surface area contributed by atoms with Crippen LogP contribution in [-0.2, 0) is 0 Å². The Hall–Kier alpha value is -2.56. The third-order valence-electron chi connectivity index (χ3n) is 2.69. The third kappa shape index (κ3) is 2.24. The van der Waals surface area contributed by atoms with Crippen LogP contribution in [0.4, 0.5) is 17.1 Å². The molecule has 1 heterocycles. The van der Waals surface area contributed by atoms with Crippen LogP contribution in [0, 0.1) is 0 Å². The highest BCUT2D eigenvalue weighted by Gasteiger charge is 2.10. The van der Waals surface area contributed by atoms with Gasteiger partial charge in [-0.15, -0.1) is 0 Å². The number of rotatable bonds is 3. The molecule has 2 rings (SSSR count). The second-order valence-electron chi connectivity index (χ2n) is 3.84. The van der Waals surface area contributed by atoms with Crippen molar-refractivity contribution in [3.8, 4) is 0 Å². The van der Waals surface area contributed by atoms with Crippen LogP contribution in [0.1, 0.15) is 10.4 Å². The van der Waals surface area contributed by atoms with E-state index in [1.54, 1.807) is 18.5 Å². The number of carbonyl (C=O) groups is 1. The van der Waals surface area contributed by atoms with Crippen molar-refractivity contribution in [2.24, 2.45) is 0 Å². The summed E-state index contributed by atoms with van der Waals surface area (Å²) < 4.78 is 0. The van der Waals surface area contributed by atoms with Gasteiger partial charge in [0.2, 0.25) is 0 Å².